The lowest BCUT2D eigenvalue weighted by atomic mass is 10.2. The van der Waals surface area contributed by atoms with E-state index in [1.54, 1.807) is 5.32 Å². The van der Waals surface area contributed by atoms with Gasteiger partial charge in [-0.25, -0.2) is 0 Å². The molecule has 0 amide bonds. The van der Waals surface area contributed by atoms with Crippen LogP contribution in [0.2, 0.25) is 12.1 Å². The minimum absolute atomic E-state index is 0.872. The van der Waals surface area contributed by atoms with Crippen LogP contribution < -0.4 is 5.32 Å². The topological polar surface area (TPSA) is 9.86 Å². The Hall–Kier alpha value is -3.82. The van der Waals surface area contributed by atoms with Gasteiger partial charge in [0.25, 0.3) is 0 Å². The van der Waals surface area contributed by atoms with Crippen molar-refractivity contribution in [2.24, 2.45) is 0 Å². The third-order valence-corrected chi connectivity index (χ3v) is 10.0. The normalized spacial score (nSPS) is 11.1. The lowest BCUT2D eigenvalue weighted by Gasteiger charge is -2.16. The second kappa shape index (κ2) is 10.6. The Bertz CT molecular complexity index is 1510. The van der Waals surface area contributed by atoms with Crippen LogP contribution in [-0.2, 0) is 0 Å². The molecule has 2 heterocycles. The van der Waals surface area contributed by atoms with Gasteiger partial charge in [-0.15, -0.1) is 0 Å². The van der Waals surface area contributed by atoms with Crippen LogP contribution >= 0.6 is 0 Å². The summed E-state index contributed by atoms with van der Waals surface area (Å²) in [6, 6.07) is 45.5. The first-order valence-electron chi connectivity index (χ1n) is 12.6. The molecule has 6 rings (SSSR count). The van der Waals surface area contributed by atoms with Crippen molar-refractivity contribution >= 4 is 35.9 Å². The number of aromatic nitrogens is 2. The number of benzene rings is 4. The summed E-state index contributed by atoms with van der Waals surface area (Å²) in [4.78, 5) is 0. The van der Waals surface area contributed by atoms with Crippen molar-refractivity contribution in [2.45, 2.75) is 25.9 Å². The summed E-state index contributed by atoms with van der Waals surface area (Å²) in [7, 11) is -0.872. The summed E-state index contributed by atoms with van der Waals surface area (Å²) >= 11 is 0. The Labute approximate surface area is 209 Å². The minimum atomic E-state index is -0.872. The second-order valence-electron chi connectivity index (χ2n) is 8.89. The Morgan fingerprint density at radius 1 is 0.543 bits per heavy atom. The van der Waals surface area contributed by atoms with Gasteiger partial charge >= 0.3 is 0 Å². The fourth-order valence-electron chi connectivity index (χ4n) is 4.95. The molecule has 0 radical (unpaired) electrons. The van der Waals surface area contributed by atoms with Gasteiger partial charge in [-0.2, -0.15) is 0 Å². The first kappa shape index (κ1) is 22.9. The smallest absolute Gasteiger partial charge is 0.0918 e. The van der Waals surface area contributed by atoms with Gasteiger partial charge in [-0.1, -0.05) is 98.7 Å². The minimum Gasteiger partial charge on any atom is -0.318 e. The molecule has 2 aromatic heterocycles. The van der Waals surface area contributed by atoms with Gasteiger partial charge in [-0.3, -0.25) is 0 Å². The van der Waals surface area contributed by atoms with Gasteiger partial charge in [-0.05, 0) is 59.3 Å². The Morgan fingerprint density at radius 2 is 1.09 bits per heavy atom. The van der Waals surface area contributed by atoms with Crippen LogP contribution in [0.5, 0.6) is 0 Å². The molecule has 0 fully saturated rings. The number of fused-ring (bicyclic) bond motifs is 2. The molecule has 4 aromatic carbocycles. The van der Waals surface area contributed by atoms with Crippen molar-refractivity contribution in [1.82, 2.24) is 9.13 Å². The third-order valence-electron chi connectivity index (χ3n) is 6.79. The van der Waals surface area contributed by atoms with Crippen molar-refractivity contribution in [2.75, 3.05) is 0 Å². The first-order chi connectivity index (χ1) is 17.3. The van der Waals surface area contributed by atoms with Gasteiger partial charge in [0.05, 0.1) is 19.8 Å². The van der Waals surface area contributed by atoms with Crippen LogP contribution in [0.3, 0.4) is 0 Å². The van der Waals surface area contributed by atoms with E-state index >= 15 is 0 Å². The van der Waals surface area contributed by atoms with E-state index in [0.717, 1.165) is 0 Å². The second-order valence-corrected chi connectivity index (χ2v) is 12.5. The summed E-state index contributed by atoms with van der Waals surface area (Å²) in [6.07, 6.45) is 2.11. The number of hydrogen-bond acceptors (Lipinski definition) is 0. The Kier molecular flexibility index (Phi) is 6.96. The number of para-hydroxylation sites is 4. The molecule has 3 heteroatoms. The highest BCUT2D eigenvalue weighted by atomic mass is 28.3. The van der Waals surface area contributed by atoms with Crippen LogP contribution in [0.15, 0.2) is 128 Å². The Balaban J connectivity index is 0.000000151. The molecular formula is C32H32N2Si. The SMILES string of the molecule is CC[SiH](CC)c1cc2ccccc2n1-c1ccccc1.c1ccc(-n2ccc3ccccc32)cc1. The molecule has 0 aliphatic carbocycles. The van der Waals surface area contributed by atoms with Crippen LogP contribution in [0, 0.1) is 0 Å². The monoisotopic (exact) mass is 472 g/mol. The largest absolute Gasteiger partial charge is 0.318 e. The van der Waals surface area contributed by atoms with Crippen molar-refractivity contribution < 1.29 is 0 Å². The molecule has 0 N–H and O–H groups in total. The van der Waals surface area contributed by atoms with Crippen molar-refractivity contribution in [3.05, 3.63) is 128 Å². The first-order valence-corrected chi connectivity index (χ1v) is 14.8. The maximum absolute atomic E-state index is 2.49. The summed E-state index contributed by atoms with van der Waals surface area (Å²) < 4.78 is 4.69. The summed E-state index contributed by atoms with van der Waals surface area (Å²) in [5.74, 6) is 0. The molecular weight excluding hydrogens is 440 g/mol. The van der Waals surface area contributed by atoms with Crippen molar-refractivity contribution in [1.29, 1.82) is 0 Å². The summed E-state index contributed by atoms with van der Waals surface area (Å²) in [6.45, 7) is 4.68. The van der Waals surface area contributed by atoms with Crippen molar-refractivity contribution in [3.8, 4) is 11.4 Å². The summed E-state index contributed by atoms with van der Waals surface area (Å²) in [5.41, 5.74) is 5.10. The molecule has 0 saturated heterocycles. The summed E-state index contributed by atoms with van der Waals surface area (Å²) in [5, 5.41) is 4.22. The quantitative estimate of drug-likeness (QED) is 0.227. The van der Waals surface area contributed by atoms with E-state index < -0.39 is 8.80 Å². The van der Waals surface area contributed by atoms with Crippen LogP contribution in [0.4, 0.5) is 0 Å². The van der Waals surface area contributed by atoms with Crippen LogP contribution in [-0.4, -0.2) is 17.9 Å². The van der Waals surface area contributed by atoms with Gasteiger partial charge in [0.2, 0.25) is 0 Å². The molecule has 0 atom stereocenters. The van der Waals surface area contributed by atoms with Gasteiger partial charge in [0.15, 0.2) is 0 Å². The number of nitrogens with zero attached hydrogens (tertiary/aromatic N) is 2. The zero-order valence-electron chi connectivity index (χ0n) is 20.5. The number of hydrogen-bond donors (Lipinski definition) is 0. The fourth-order valence-corrected chi connectivity index (χ4v) is 7.43. The van der Waals surface area contributed by atoms with Gasteiger partial charge in [0.1, 0.15) is 0 Å². The maximum atomic E-state index is 2.49. The number of rotatable bonds is 5. The molecule has 174 valence electrons. The molecule has 35 heavy (non-hydrogen) atoms. The van der Waals surface area contributed by atoms with Gasteiger partial charge in [0, 0.05) is 22.9 Å². The molecule has 0 aliphatic heterocycles. The lowest BCUT2D eigenvalue weighted by Crippen LogP contribution is -2.33. The Morgan fingerprint density at radius 3 is 1.74 bits per heavy atom. The average molecular weight is 473 g/mol. The molecule has 0 unspecified atom stereocenters. The van der Waals surface area contributed by atoms with E-state index in [4.69, 9.17) is 0 Å². The van der Waals surface area contributed by atoms with E-state index in [0.29, 0.717) is 0 Å². The maximum Gasteiger partial charge on any atom is 0.0918 e. The third kappa shape index (κ3) is 4.73. The average Bonchev–Trinajstić information content (AvgIpc) is 3.53. The zero-order chi connectivity index (χ0) is 24.0. The molecule has 0 saturated carbocycles. The van der Waals surface area contributed by atoms with E-state index in [1.165, 1.54) is 45.3 Å². The molecule has 6 aromatic rings. The van der Waals surface area contributed by atoms with E-state index in [2.05, 4.69) is 144 Å². The highest BCUT2D eigenvalue weighted by Crippen LogP contribution is 2.21. The lowest BCUT2D eigenvalue weighted by molar-refractivity contribution is 1.13. The van der Waals surface area contributed by atoms with E-state index in [-0.39, 0.29) is 0 Å². The van der Waals surface area contributed by atoms with Crippen LogP contribution in [0.25, 0.3) is 33.2 Å². The van der Waals surface area contributed by atoms with Gasteiger partial charge < -0.3 is 9.13 Å². The zero-order valence-corrected chi connectivity index (χ0v) is 21.7. The molecule has 0 spiro atoms. The molecule has 0 bridgehead atoms. The predicted octanol–water partition coefficient (Wildman–Crippen LogP) is 7.73. The highest BCUT2D eigenvalue weighted by Gasteiger charge is 2.17. The van der Waals surface area contributed by atoms with E-state index in [9.17, 15) is 0 Å². The van der Waals surface area contributed by atoms with E-state index in [1.807, 2.05) is 6.07 Å². The van der Waals surface area contributed by atoms with Crippen LogP contribution in [0.1, 0.15) is 13.8 Å². The fraction of sp³-hybridized carbons (Fsp3) is 0.125. The predicted molar refractivity (Wildman–Crippen MR) is 154 cm³/mol. The molecule has 2 nitrogen and oxygen atoms in total. The standard InChI is InChI=1S/C18H21NSi.C14H11N/c1-3-20(4-2)18-14-15-10-8-9-13-17(15)19(18)16-11-6-5-7-12-16;1-2-7-13(8-3-1)15-11-10-12-6-4-5-9-14(12)15/h5-14,20H,3-4H2,1-2H3;1-11H. The van der Waals surface area contributed by atoms with Crippen molar-refractivity contribution in [3.63, 3.8) is 0 Å². The molecule has 0 aliphatic rings. The highest BCUT2D eigenvalue weighted by molar-refractivity contribution is 6.72.